The second-order valence-electron chi connectivity index (χ2n) is 8.05. The zero-order valence-corrected chi connectivity index (χ0v) is 15.7. The molecule has 138 valence electrons. The number of fused-ring (bicyclic) bond motifs is 2. The molecule has 1 aromatic rings. The van der Waals surface area contributed by atoms with E-state index in [4.69, 9.17) is 0 Å². The average Bonchev–Trinajstić information content (AvgIpc) is 2.97. The highest BCUT2D eigenvalue weighted by Gasteiger charge is 2.59. The average molecular weight is 353 g/mol. The Morgan fingerprint density at radius 3 is 2.58 bits per heavy atom. The topological polar surface area (TPSA) is 70.6 Å². The van der Waals surface area contributed by atoms with Crippen molar-refractivity contribution < 1.29 is 9.59 Å². The Labute approximate surface area is 154 Å². The third-order valence-electron chi connectivity index (χ3n) is 6.48. The number of hydrogen-bond donors (Lipinski definition) is 2. The van der Waals surface area contributed by atoms with Crippen LogP contribution >= 0.6 is 0 Å². The number of hydrogen-bond acceptors (Lipinski definition) is 3. The summed E-state index contributed by atoms with van der Waals surface area (Å²) in [6.07, 6.45) is 6.45. The highest BCUT2D eigenvalue weighted by Crippen LogP contribution is 2.63. The largest absolute Gasteiger partial charge is 0.343 e. The van der Waals surface area contributed by atoms with Crippen molar-refractivity contribution in [2.45, 2.75) is 40.0 Å². The second kappa shape index (κ2) is 7.06. The molecule has 2 aliphatic rings. The van der Waals surface area contributed by atoms with Crippen LogP contribution in [-0.2, 0) is 9.59 Å². The Balaban J connectivity index is 1.48. The van der Waals surface area contributed by atoms with Gasteiger partial charge in [-0.3, -0.25) is 9.59 Å². The predicted octanol–water partition coefficient (Wildman–Crippen LogP) is 3.13. The number of benzene rings is 1. The van der Waals surface area contributed by atoms with Gasteiger partial charge in [-0.05, 0) is 42.2 Å². The van der Waals surface area contributed by atoms with Crippen LogP contribution in [0.4, 0.5) is 0 Å². The minimum absolute atomic E-state index is 0.0621. The van der Waals surface area contributed by atoms with Crippen molar-refractivity contribution in [3.63, 3.8) is 0 Å². The third-order valence-corrected chi connectivity index (χ3v) is 6.48. The van der Waals surface area contributed by atoms with Crippen molar-refractivity contribution in [2.75, 3.05) is 6.54 Å². The van der Waals surface area contributed by atoms with E-state index >= 15 is 0 Å². The van der Waals surface area contributed by atoms with E-state index in [9.17, 15) is 9.59 Å². The fourth-order valence-corrected chi connectivity index (χ4v) is 4.23. The molecule has 2 amide bonds. The lowest BCUT2D eigenvalue weighted by atomic mass is 9.70. The van der Waals surface area contributed by atoms with Crippen LogP contribution < -0.4 is 10.7 Å². The highest BCUT2D eigenvalue weighted by atomic mass is 16.2. The number of rotatable bonds is 5. The van der Waals surface area contributed by atoms with Crippen LogP contribution in [0.5, 0.6) is 0 Å². The molecular weight excluding hydrogens is 326 g/mol. The fourth-order valence-electron chi connectivity index (χ4n) is 4.23. The summed E-state index contributed by atoms with van der Waals surface area (Å²) in [5.41, 5.74) is 4.92. The summed E-state index contributed by atoms with van der Waals surface area (Å²) < 4.78 is 0. The first-order valence-corrected chi connectivity index (χ1v) is 9.20. The van der Waals surface area contributed by atoms with E-state index in [0.29, 0.717) is 5.92 Å². The molecule has 5 heteroatoms. The predicted molar refractivity (Wildman–Crippen MR) is 103 cm³/mol. The quantitative estimate of drug-likeness (QED) is 0.631. The molecule has 2 atom stereocenters. The van der Waals surface area contributed by atoms with Gasteiger partial charge in [-0.2, -0.15) is 5.10 Å². The standard InChI is InChI=1S/C21H27N3O2/c1-20(2)16-11-12-21(20,3)17(13-16)23-24-19(26)14-22-18(25)10-9-15-7-5-4-6-8-15/h4-10,16H,11-14H2,1-3H3,(H,22,25)(H,24,26)/b10-9+,23-17+/t16-,21-/m1/s1. The highest BCUT2D eigenvalue weighted by molar-refractivity contribution is 5.96. The summed E-state index contributed by atoms with van der Waals surface area (Å²) in [6, 6.07) is 9.54. The summed E-state index contributed by atoms with van der Waals surface area (Å²) in [5.74, 6) is 0.0405. The zero-order chi connectivity index (χ0) is 18.8. The van der Waals surface area contributed by atoms with Gasteiger partial charge < -0.3 is 5.32 Å². The third kappa shape index (κ3) is 3.43. The summed E-state index contributed by atoms with van der Waals surface area (Å²) in [7, 11) is 0. The number of hydrazone groups is 1. The summed E-state index contributed by atoms with van der Waals surface area (Å²) in [6.45, 7) is 6.77. The van der Waals surface area contributed by atoms with Crippen molar-refractivity contribution in [1.82, 2.24) is 10.7 Å². The number of nitrogens with zero attached hydrogens (tertiary/aromatic N) is 1. The van der Waals surface area contributed by atoms with Crippen molar-refractivity contribution in [3.8, 4) is 0 Å². The molecule has 0 spiro atoms. The lowest BCUT2D eigenvalue weighted by Crippen LogP contribution is -2.37. The molecule has 3 rings (SSSR count). The van der Waals surface area contributed by atoms with Crippen molar-refractivity contribution in [2.24, 2.45) is 21.8 Å². The molecule has 0 aliphatic heterocycles. The van der Waals surface area contributed by atoms with Gasteiger partial charge in [-0.25, -0.2) is 5.43 Å². The van der Waals surface area contributed by atoms with Crippen molar-refractivity contribution in [1.29, 1.82) is 0 Å². The van der Waals surface area contributed by atoms with Crippen LogP contribution in [0.1, 0.15) is 45.6 Å². The van der Waals surface area contributed by atoms with Crippen LogP contribution in [0.15, 0.2) is 41.5 Å². The number of amides is 2. The first-order valence-electron chi connectivity index (χ1n) is 9.20. The molecule has 2 fully saturated rings. The van der Waals surface area contributed by atoms with Gasteiger partial charge in [0.15, 0.2) is 0 Å². The molecule has 26 heavy (non-hydrogen) atoms. The summed E-state index contributed by atoms with van der Waals surface area (Å²) in [4.78, 5) is 23.8. The van der Waals surface area contributed by atoms with Gasteiger partial charge in [0.1, 0.15) is 0 Å². The normalized spacial score (nSPS) is 27.8. The maximum absolute atomic E-state index is 12.0. The molecule has 2 saturated carbocycles. The van der Waals surface area contributed by atoms with Gasteiger partial charge in [-0.15, -0.1) is 0 Å². The SMILES string of the molecule is CC1(C)[C@@H]2CC[C@]1(C)/C(=N/NC(=O)CNC(=O)/C=C/c1ccccc1)C2. The molecule has 5 nitrogen and oxygen atoms in total. The minimum Gasteiger partial charge on any atom is -0.343 e. The molecule has 0 heterocycles. The van der Waals surface area contributed by atoms with Gasteiger partial charge in [0, 0.05) is 17.2 Å². The van der Waals surface area contributed by atoms with E-state index in [-0.39, 0.29) is 29.2 Å². The van der Waals surface area contributed by atoms with Gasteiger partial charge >= 0.3 is 0 Å². The van der Waals surface area contributed by atoms with Gasteiger partial charge in [0.25, 0.3) is 5.91 Å². The van der Waals surface area contributed by atoms with Gasteiger partial charge in [-0.1, -0.05) is 51.1 Å². The lowest BCUT2D eigenvalue weighted by molar-refractivity contribution is -0.123. The minimum atomic E-state index is -0.303. The van der Waals surface area contributed by atoms with Crippen LogP contribution in [0, 0.1) is 16.7 Å². The number of nitrogens with one attached hydrogen (secondary N) is 2. The molecule has 1 aromatic carbocycles. The number of carbonyl (C=O) groups excluding carboxylic acids is 2. The van der Waals surface area contributed by atoms with E-state index in [2.05, 4.69) is 36.6 Å². The first kappa shape index (κ1) is 18.4. The fraction of sp³-hybridized carbons (Fsp3) is 0.476. The monoisotopic (exact) mass is 353 g/mol. The maximum Gasteiger partial charge on any atom is 0.259 e. The lowest BCUT2D eigenvalue weighted by Gasteiger charge is -2.34. The Bertz CT molecular complexity index is 752. The molecule has 2 aliphatic carbocycles. The van der Waals surface area contributed by atoms with Gasteiger partial charge in [0.05, 0.1) is 6.54 Å². The molecule has 0 saturated heterocycles. The van der Waals surface area contributed by atoms with Crippen LogP contribution in [0.25, 0.3) is 6.08 Å². The smallest absolute Gasteiger partial charge is 0.259 e. The van der Waals surface area contributed by atoms with E-state index in [1.807, 2.05) is 30.3 Å². The number of carbonyl (C=O) groups is 2. The maximum atomic E-state index is 12.0. The van der Waals surface area contributed by atoms with E-state index < -0.39 is 0 Å². The van der Waals surface area contributed by atoms with Crippen LogP contribution in [-0.4, -0.2) is 24.1 Å². The van der Waals surface area contributed by atoms with Crippen LogP contribution in [0.3, 0.4) is 0 Å². The molecule has 0 radical (unpaired) electrons. The Kier molecular flexibility index (Phi) is 4.99. The second-order valence-corrected chi connectivity index (χ2v) is 8.05. The van der Waals surface area contributed by atoms with E-state index in [0.717, 1.165) is 24.1 Å². The Morgan fingerprint density at radius 2 is 1.96 bits per heavy atom. The molecule has 0 aromatic heterocycles. The molecular formula is C21H27N3O2. The Hall–Kier alpha value is -2.43. The summed E-state index contributed by atoms with van der Waals surface area (Å²) in [5, 5.41) is 6.97. The van der Waals surface area contributed by atoms with E-state index in [1.165, 1.54) is 12.5 Å². The van der Waals surface area contributed by atoms with Gasteiger partial charge in [0.2, 0.25) is 5.91 Å². The first-order chi connectivity index (χ1) is 12.3. The molecule has 2 bridgehead atoms. The summed E-state index contributed by atoms with van der Waals surface area (Å²) >= 11 is 0. The van der Waals surface area contributed by atoms with Crippen molar-refractivity contribution >= 4 is 23.6 Å². The van der Waals surface area contributed by atoms with Crippen molar-refractivity contribution in [3.05, 3.63) is 42.0 Å². The molecule has 2 N–H and O–H groups in total. The van der Waals surface area contributed by atoms with Crippen LogP contribution in [0.2, 0.25) is 0 Å². The zero-order valence-electron chi connectivity index (χ0n) is 15.7. The Morgan fingerprint density at radius 1 is 1.23 bits per heavy atom. The molecule has 0 unspecified atom stereocenters. The van der Waals surface area contributed by atoms with E-state index in [1.54, 1.807) is 6.08 Å².